The monoisotopic (exact) mass is 538 g/mol. The van der Waals surface area contributed by atoms with Gasteiger partial charge in [-0.1, -0.05) is 0 Å². The quantitative estimate of drug-likeness (QED) is 0.480. The molecule has 0 unspecified atom stereocenters. The highest BCUT2D eigenvalue weighted by Crippen LogP contribution is 2.34. The van der Waals surface area contributed by atoms with Crippen LogP contribution in [0.2, 0.25) is 0 Å². The van der Waals surface area contributed by atoms with E-state index in [1.54, 1.807) is 4.90 Å². The van der Waals surface area contributed by atoms with E-state index in [0.717, 1.165) is 60.8 Å². The third kappa shape index (κ3) is 6.82. The van der Waals surface area contributed by atoms with Crippen LogP contribution in [0, 0.1) is 6.92 Å². The van der Waals surface area contributed by atoms with Crippen LogP contribution in [-0.4, -0.2) is 86.6 Å². The standard InChI is InChI=1S/C30H42N4O5/c1-7-34(24-10-16-38-17-11-24)26-19-23(18-25(21(26)2)28(35)37-6)22-8-9-27(31-20-22)32-12-14-33(15-13-32)29(36)39-30(3,4)5/h8-9,18-20,24H,7,10-17H2,1-6H3. The molecule has 1 amide bonds. The lowest BCUT2D eigenvalue weighted by Gasteiger charge is -2.37. The number of carbonyl (C=O) groups excluding carboxylic acids is 2. The van der Waals surface area contributed by atoms with E-state index in [1.807, 2.05) is 52.1 Å². The van der Waals surface area contributed by atoms with Gasteiger partial charge in [0, 0.05) is 69.4 Å². The minimum Gasteiger partial charge on any atom is -0.465 e. The number of amides is 1. The maximum Gasteiger partial charge on any atom is 0.410 e. The number of nitrogens with zero attached hydrogens (tertiary/aromatic N) is 4. The fourth-order valence-corrected chi connectivity index (χ4v) is 5.30. The predicted molar refractivity (Wildman–Crippen MR) is 153 cm³/mol. The summed E-state index contributed by atoms with van der Waals surface area (Å²) < 4.78 is 16.2. The normalized spacial score (nSPS) is 16.7. The van der Waals surface area contributed by atoms with E-state index >= 15 is 0 Å². The highest BCUT2D eigenvalue weighted by Gasteiger charge is 2.27. The largest absolute Gasteiger partial charge is 0.465 e. The average Bonchev–Trinajstić information content (AvgIpc) is 2.94. The topological polar surface area (TPSA) is 84.4 Å². The predicted octanol–water partition coefficient (Wildman–Crippen LogP) is 4.91. The number of piperazine rings is 1. The first-order valence-corrected chi connectivity index (χ1v) is 13.9. The number of pyridine rings is 1. The van der Waals surface area contributed by atoms with Crippen molar-refractivity contribution in [3.8, 4) is 11.1 Å². The molecule has 2 aliphatic heterocycles. The zero-order chi connectivity index (χ0) is 28.2. The molecule has 9 nitrogen and oxygen atoms in total. The molecule has 9 heteroatoms. The van der Waals surface area contributed by atoms with Gasteiger partial charge in [0.25, 0.3) is 0 Å². The second-order valence-electron chi connectivity index (χ2n) is 11.1. The molecule has 0 bridgehead atoms. The summed E-state index contributed by atoms with van der Waals surface area (Å²) in [6, 6.07) is 8.48. The lowest BCUT2D eigenvalue weighted by molar-refractivity contribution is 0.0240. The second-order valence-corrected chi connectivity index (χ2v) is 11.1. The van der Waals surface area contributed by atoms with Crippen LogP contribution < -0.4 is 9.80 Å². The lowest BCUT2D eigenvalue weighted by Crippen LogP contribution is -2.50. The molecule has 2 aromatic rings. The molecule has 2 saturated heterocycles. The summed E-state index contributed by atoms with van der Waals surface area (Å²) >= 11 is 0. The average molecular weight is 539 g/mol. The van der Waals surface area contributed by atoms with Crippen molar-refractivity contribution in [3.63, 3.8) is 0 Å². The van der Waals surface area contributed by atoms with E-state index < -0.39 is 5.60 Å². The summed E-state index contributed by atoms with van der Waals surface area (Å²) in [5.74, 6) is 0.520. The van der Waals surface area contributed by atoms with E-state index in [4.69, 9.17) is 19.2 Å². The van der Waals surface area contributed by atoms with Crippen molar-refractivity contribution in [2.75, 3.05) is 62.8 Å². The highest BCUT2D eigenvalue weighted by atomic mass is 16.6. The minimum atomic E-state index is -0.506. The van der Waals surface area contributed by atoms with Gasteiger partial charge in [-0.3, -0.25) is 0 Å². The van der Waals surface area contributed by atoms with Gasteiger partial charge in [0.1, 0.15) is 11.4 Å². The number of hydrogen-bond acceptors (Lipinski definition) is 8. The van der Waals surface area contributed by atoms with Crippen LogP contribution in [0.1, 0.15) is 56.5 Å². The molecule has 212 valence electrons. The summed E-state index contributed by atoms with van der Waals surface area (Å²) in [6.45, 7) is 14.6. The Bertz CT molecular complexity index is 1150. The summed E-state index contributed by atoms with van der Waals surface area (Å²) in [7, 11) is 1.42. The van der Waals surface area contributed by atoms with E-state index in [0.29, 0.717) is 37.8 Å². The first kappa shape index (κ1) is 28.7. The van der Waals surface area contributed by atoms with Crippen molar-refractivity contribution < 1.29 is 23.8 Å². The molecule has 3 heterocycles. The highest BCUT2D eigenvalue weighted by molar-refractivity contribution is 5.95. The third-order valence-electron chi connectivity index (χ3n) is 7.40. The Hall–Kier alpha value is -3.33. The lowest BCUT2D eigenvalue weighted by atomic mass is 9.96. The SMILES string of the molecule is CCN(c1cc(-c2ccc(N3CCN(C(=O)OC(C)(C)C)CC3)nc2)cc(C(=O)OC)c1C)C1CCOCC1. The fraction of sp³-hybridized carbons (Fsp3) is 0.567. The van der Waals surface area contributed by atoms with Gasteiger partial charge in [-0.05, 0) is 82.9 Å². The third-order valence-corrected chi connectivity index (χ3v) is 7.40. The molecule has 0 aliphatic carbocycles. The number of methoxy groups -OCH3 is 1. The molecule has 2 aliphatic rings. The molecule has 2 fully saturated rings. The van der Waals surface area contributed by atoms with E-state index in [1.165, 1.54) is 7.11 Å². The van der Waals surface area contributed by atoms with Crippen molar-refractivity contribution in [2.24, 2.45) is 0 Å². The van der Waals surface area contributed by atoms with Crippen LogP contribution in [0.25, 0.3) is 11.1 Å². The molecule has 39 heavy (non-hydrogen) atoms. The first-order valence-electron chi connectivity index (χ1n) is 13.9. The molecule has 0 radical (unpaired) electrons. The Kier molecular flexibility index (Phi) is 9.00. The molecule has 0 saturated carbocycles. The Balaban J connectivity index is 1.55. The minimum absolute atomic E-state index is 0.274. The zero-order valence-corrected chi connectivity index (χ0v) is 24.2. The Morgan fingerprint density at radius 1 is 1.08 bits per heavy atom. The first-order chi connectivity index (χ1) is 18.6. The number of hydrogen-bond donors (Lipinski definition) is 0. The number of benzene rings is 1. The van der Waals surface area contributed by atoms with E-state index in [-0.39, 0.29) is 12.1 Å². The maximum atomic E-state index is 12.7. The fourth-order valence-electron chi connectivity index (χ4n) is 5.30. The number of carbonyl (C=O) groups is 2. The van der Waals surface area contributed by atoms with E-state index in [2.05, 4.69) is 22.8 Å². The Labute approximate surface area is 232 Å². The van der Waals surface area contributed by atoms with Crippen molar-refractivity contribution in [2.45, 2.75) is 59.1 Å². The van der Waals surface area contributed by atoms with Crippen LogP contribution >= 0.6 is 0 Å². The van der Waals surface area contributed by atoms with Crippen LogP contribution in [-0.2, 0) is 14.2 Å². The van der Waals surface area contributed by atoms with Crippen LogP contribution in [0.3, 0.4) is 0 Å². The van der Waals surface area contributed by atoms with Gasteiger partial charge < -0.3 is 28.9 Å². The van der Waals surface area contributed by atoms with Crippen LogP contribution in [0.5, 0.6) is 0 Å². The molecule has 0 spiro atoms. The number of rotatable bonds is 6. The Morgan fingerprint density at radius 2 is 1.77 bits per heavy atom. The van der Waals surface area contributed by atoms with Gasteiger partial charge in [-0.25, -0.2) is 14.6 Å². The molecule has 1 aromatic heterocycles. The Morgan fingerprint density at radius 3 is 2.33 bits per heavy atom. The molecular formula is C30H42N4O5. The van der Waals surface area contributed by atoms with Crippen LogP contribution in [0.15, 0.2) is 30.5 Å². The number of aromatic nitrogens is 1. The summed E-state index contributed by atoms with van der Waals surface area (Å²) in [5.41, 5.74) is 3.89. The van der Waals surface area contributed by atoms with Gasteiger partial charge >= 0.3 is 12.1 Å². The number of anilines is 2. The van der Waals surface area contributed by atoms with Gasteiger partial charge in [0.05, 0.1) is 12.7 Å². The van der Waals surface area contributed by atoms with Crippen molar-refractivity contribution in [1.29, 1.82) is 0 Å². The summed E-state index contributed by atoms with van der Waals surface area (Å²) in [4.78, 5) is 36.2. The summed E-state index contributed by atoms with van der Waals surface area (Å²) in [5, 5.41) is 0. The smallest absolute Gasteiger partial charge is 0.410 e. The molecule has 1 aromatic carbocycles. The zero-order valence-electron chi connectivity index (χ0n) is 24.2. The van der Waals surface area contributed by atoms with Crippen molar-refractivity contribution in [3.05, 3.63) is 41.6 Å². The molecule has 0 N–H and O–H groups in total. The van der Waals surface area contributed by atoms with Crippen molar-refractivity contribution in [1.82, 2.24) is 9.88 Å². The van der Waals surface area contributed by atoms with Gasteiger partial charge in [-0.2, -0.15) is 0 Å². The number of ether oxygens (including phenoxy) is 3. The molecular weight excluding hydrogens is 496 g/mol. The molecule has 0 atom stereocenters. The van der Waals surface area contributed by atoms with Gasteiger partial charge in [-0.15, -0.1) is 0 Å². The van der Waals surface area contributed by atoms with E-state index in [9.17, 15) is 9.59 Å². The second kappa shape index (κ2) is 12.2. The summed E-state index contributed by atoms with van der Waals surface area (Å²) in [6.07, 6.45) is 3.50. The number of esters is 1. The van der Waals surface area contributed by atoms with Crippen LogP contribution in [0.4, 0.5) is 16.3 Å². The maximum absolute atomic E-state index is 12.7. The molecule has 4 rings (SSSR count). The van der Waals surface area contributed by atoms with Crippen molar-refractivity contribution >= 4 is 23.6 Å². The van der Waals surface area contributed by atoms with Gasteiger partial charge in [0.15, 0.2) is 0 Å². The van der Waals surface area contributed by atoms with Gasteiger partial charge in [0.2, 0.25) is 0 Å².